The molecule has 0 bridgehead atoms. The van der Waals surface area contributed by atoms with Crippen LogP contribution in [0.5, 0.6) is 11.5 Å². The van der Waals surface area contributed by atoms with Crippen LogP contribution in [0.4, 0.5) is 0 Å². The molecular weight excluding hydrogens is 232 g/mol. The lowest BCUT2D eigenvalue weighted by Crippen LogP contribution is -2.32. The van der Waals surface area contributed by atoms with Crippen LogP contribution in [0.25, 0.3) is 0 Å². The van der Waals surface area contributed by atoms with Crippen LogP contribution in [0.2, 0.25) is 0 Å². The number of methoxy groups -OCH3 is 1. The first-order valence-electron chi connectivity index (χ1n) is 5.91. The Morgan fingerprint density at radius 1 is 1.33 bits per heavy atom. The summed E-state index contributed by atoms with van der Waals surface area (Å²) in [6.45, 7) is 2.70. The van der Waals surface area contributed by atoms with Crippen LogP contribution in [0.3, 0.4) is 0 Å². The van der Waals surface area contributed by atoms with E-state index in [9.17, 15) is 4.79 Å². The Balaban J connectivity index is 2.19. The lowest BCUT2D eigenvalue weighted by molar-refractivity contribution is -0.121. The SMILES string of the molecule is COc1ccc(OCCNC(=O)CC(C)N)cc1. The van der Waals surface area contributed by atoms with Gasteiger partial charge in [0.15, 0.2) is 0 Å². The van der Waals surface area contributed by atoms with Gasteiger partial charge in [-0.05, 0) is 31.2 Å². The van der Waals surface area contributed by atoms with Crippen molar-refractivity contribution in [1.29, 1.82) is 0 Å². The zero-order valence-corrected chi connectivity index (χ0v) is 10.8. The maximum absolute atomic E-state index is 11.3. The minimum atomic E-state index is -0.118. The summed E-state index contributed by atoms with van der Waals surface area (Å²) in [7, 11) is 1.61. The van der Waals surface area contributed by atoms with E-state index < -0.39 is 0 Å². The van der Waals surface area contributed by atoms with Gasteiger partial charge in [-0.2, -0.15) is 0 Å². The van der Waals surface area contributed by atoms with E-state index in [0.717, 1.165) is 11.5 Å². The molecule has 0 aliphatic rings. The summed E-state index contributed by atoms with van der Waals surface area (Å²) in [6.07, 6.45) is 0.336. The van der Waals surface area contributed by atoms with E-state index in [4.69, 9.17) is 15.2 Å². The summed E-state index contributed by atoms with van der Waals surface area (Å²) in [5.41, 5.74) is 5.51. The summed E-state index contributed by atoms with van der Waals surface area (Å²) in [5.74, 6) is 1.48. The summed E-state index contributed by atoms with van der Waals surface area (Å²) in [6, 6.07) is 7.17. The number of nitrogens with one attached hydrogen (secondary N) is 1. The Kier molecular flexibility index (Phi) is 6.00. The average Bonchev–Trinajstić information content (AvgIpc) is 2.34. The highest BCUT2D eigenvalue weighted by molar-refractivity contribution is 5.76. The first-order chi connectivity index (χ1) is 8.61. The summed E-state index contributed by atoms with van der Waals surface area (Å²) in [4.78, 5) is 11.3. The maximum Gasteiger partial charge on any atom is 0.221 e. The van der Waals surface area contributed by atoms with Crippen molar-refractivity contribution in [2.24, 2.45) is 5.73 Å². The Morgan fingerprint density at radius 3 is 2.50 bits per heavy atom. The van der Waals surface area contributed by atoms with Gasteiger partial charge >= 0.3 is 0 Å². The number of ether oxygens (including phenoxy) is 2. The third-order valence-electron chi connectivity index (χ3n) is 2.26. The standard InChI is InChI=1S/C13H20N2O3/c1-10(14)9-13(16)15-7-8-18-12-5-3-11(17-2)4-6-12/h3-6,10H,7-9,14H2,1-2H3,(H,15,16). The first kappa shape index (κ1) is 14.3. The van der Waals surface area contributed by atoms with Crippen LogP contribution < -0.4 is 20.5 Å². The molecular formula is C13H20N2O3. The van der Waals surface area contributed by atoms with Gasteiger partial charge in [0.25, 0.3) is 0 Å². The largest absolute Gasteiger partial charge is 0.497 e. The lowest BCUT2D eigenvalue weighted by Gasteiger charge is -2.09. The van der Waals surface area contributed by atoms with E-state index in [1.54, 1.807) is 14.0 Å². The number of carbonyl (C=O) groups excluding carboxylic acids is 1. The molecule has 0 fully saturated rings. The van der Waals surface area contributed by atoms with Gasteiger partial charge in [-0.3, -0.25) is 4.79 Å². The van der Waals surface area contributed by atoms with E-state index in [-0.39, 0.29) is 11.9 Å². The quantitative estimate of drug-likeness (QED) is 0.708. The fourth-order valence-electron chi connectivity index (χ4n) is 1.40. The highest BCUT2D eigenvalue weighted by Gasteiger charge is 2.03. The van der Waals surface area contributed by atoms with Crippen molar-refractivity contribution in [2.45, 2.75) is 19.4 Å². The molecule has 1 rings (SSSR count). The molecule has 0 heterocycles. The molecule has 3 N–H and O–H groups in total. The molecule has 1 aromatic rings. The molecule has 0 aromatic heterocycles. The Bertz CT molecular complexity index is 363. The van der Waals surface area contributed by atoms with Crippen molar-refractivity contribution in [3.8, 4) is 11.5 Å². The highest BCUT2D eigenvalue weighted by atomic mass is 16.5. The molecule has 1 aromatic carbocycles. The predicted molar refractivity (Wildman–Crippen MR) is 69.8 cm³/mol. The normalized spacial score (nSPS) is 11.7. The lowest BCUT2D eigenvalue weighted by atomic mass is 10.2. The molecule has 0 radical (unpaired) electrons. The molecule has 5 nitrogen and oxygen atoms in total. The summed E-state index contributed by atoms with van der Waals surface area (Å²) >= 11 is 0. The smallest absolute Gasteiger partial charge is 0.221 e. The minimum absolute atomic E-state index is 0.0525. The number of rotatable bonds is 7. The molecule has 5 heteroatoms. The molecule has 1 atom stereocenters. The van der Waals surface area contributed by atoms with Crippen LogP contribution in [0.15, 0.2) is 24.3 Å². The zero-order chi connectivity index (χ0) is 13.4. The van der Waals surface area contributed by atoms with Crippen molar-refractivity contribution in [3.63, 3.8) is 0 Å². The molecule has 0 saturated carbocycles. The van der Waals surface area contributed by atoms with Crippen LogP contribution in [0, 0.1) is 0 Å². The molecule has 0 spiro atoms. The number of carbonyl (C=O) groups is 1. The van der Waals surface area contributed by atoms with Crippen molar-refractivity contribution in [1.82, 2.24) is 5.32 Å². The van der Waals surface area contributed by atoms with Gasteiger partial charge in [-0.15, -0.1) is 0 Å². The van der Waals surface area contributed by atoms with Crippen LogP contribution in [-0.2, 0) is 4.79 Å². The van der Waals surface area contributed by atoms with E-state index in [1.165, 1.54) is 0 Å². The van der Waals surface area contributed by atoms with E-state index in [2.05, 4.69) is 5.32 Å². The second-order valence-corrected chi connectivity index (χ2v) is 4.06. The molecule has 1 unspecified atom stereocenters. The number of amides is 1. The number of hydrogen-bond donors (Lipinski definition) is 2. The number of benzene rings is 1. The van der Waals surface area contributed by atoms with Gasteiger partial charge in [-0.1, -0.05) is 0 Å². The van der Waals surface area contributed by atoms with Crippen LogP contribution in [0.1, 0.15) is 13.3 Å². The van der Waals surface area contributed by atoms with Crippen molar-refractivity contribution < 1.29 is 14.3 Å². The summed E-state index contributed by atoms with van der Waals surface area (Å²) < 4.78 is 10.5. The molecule has 100 valence electrons. The van der Waals surface area contributed by atoms with Gasteiger partial charge < -0.3 is 20.5 Å². The molecule has 0 saturated heterocycles. The van der Waals surface area contributed by atoms with Crippen molar-refractivity contribution in [2.75, 3.05) is 20.3 Å². The molecule has 18 heavy (non-hydrogen) atoms. The summed E-state index contributed by atoms with van der Waals surface area (Å²) in [5, 5.41) is 2.74. The second-order valence-electron chi connectivity index (χ2n) is 4.06. The fraction of sp³-hybridized carbons (Fsp3) is 0.462. The van der Waals surface area contributed by atoms with Gasteiger partial charge in [0.05, 0.1) is 13.7 Å². The Morgan fingerprint density at radius 2 is 1.94 bits per heavy atom. The monoisotopic (exact) mass is 252 g/mol. The topological polar surface area (TPSA) is 73.6 Å². The van der Waals surface area contributed by atoms with Crippen LogP contribution >= 0.6 is 0 Å². The van der Waals surface area contributed by atoms with Crippen LogP contribution in [-0.4, -0.2) is 32.2 Å². The van der Waals surface area contributed by atoms with Crippen molar-refractivity contribution in [3.05, 3.63) is 24.3 Å². The number of nitrogens with two attached hydrogens (primary N) is 1. The third-order valence-corrected chi connectivity index (χ3v) is 2.26. The first-order valence-corrected chi connectivity index (χ1v) is 5.91. The fourth-order valence-corrected chi connectivity index (χ4v) is 1.40. The van der Waals surface area contributed by atoms with E-state index in [0.29, 0.717) is 19.6 Å². The predicted octanol–water partition coefficient (Wildman–Crippen LogP) is 0.927. The van der Waals surface area contributed by atoms with Crippen molar-refractivity contribution >= 4 is 5.91 Å². The van der Waals surface area contributed by atoms with Gasteiger partial charge in [0, 0.05) is 12.5 Å². The Labute approximate surface area is 107 Å². The van der Waals surface area contributed by atoms with Gasteiger partial charge in [-0.25, -0.2) is 0 Å². The van der Waals surface area contributed by atoms with E-state index >= 15 is 0 Å². The van der Waals surface area contributed by atoms with E-state index in [1.807, 2.05) is 24.3 Å². The van der Waals surface area contributed by atoms with Gasteiger partial charge in [0.2, 0.25) is 5.91 Å². The molecule has 0 aliphatic heterocycles. The maximum atomic E-state index is 11.3. The minimum Gasteiger partial charge on any atom is -0.497 e. The average molecular weight is 252 g/mol. The second kappa shape index (κ2) is 7.55. The number of hydrogen-bond acceptors (Lipinski definition) is 4. The Hall–Kier alpha value is -1.75. The highest BCUT2D eigenvalue weighted by Crippen LogP contribution is 2.16. The van der Waals surface area contributed by atoms with Gasteiger partial charge in [0.1, 0.15) is 18.1 Å². The molecule has 0 aliphatic carbocycles. The molecule has 1 amide bonds. The third kappa shape index (κ3) is 5.54. The zero-order valence-electron chi connectivity index (χ0n) is 10.8.